The monoisotopic (exact) mass is 461 g/mol. The molecular weight excluding hydrogens is 446 g/mol. The van der Waals surface area contributed by atoms with Crippen LogP contribution in [0.3, 0.4) is 0 Å². The van der Waals surface area contributed by atoms with E-state index in [0.29, 0.717) is 21.3 Å². The number of hydrogen-bond donors (Lipinski definition) is 2. The molecular formula is C17H16BrF4N5O. The molecule has 3 rings (SSSR count). The maximum Gasteiger partial charge on any atom is 0.451 e. The number of halogens is 5. The molecule has 3 unspecified atom stereocenters. The van der Waals surface area contributed by atoms with Crippen LogP contribution < -0.4 is 10.6 Å². The Balaban J connectivity index is 1.70. The van der Waals surface area contributed by atoms with E-state index in [1.165, 1.54) is 6.20 Å². The highest BCUT2D eigenvalue weighted by molar-refractivity contribution is 9.10. The lowest BCUT2D eigenvalue weighted by atomic mass is 10.1. The van der Waals surface area contributed by atoms with Gasteiger partial charge in [-0.3, -0.25) is 9.78 Å². The molecule has 3 heterocycles. The molecule has 28 heavy (non-hydrogen) atoms. The largest absolute Gasteiger partial charge is 0.451 e. The number of amides is 1. The minimum absolute atomic E-state index is 0.110. The number of hydrogen-bond acceptors (Lipinski definition) is 5. The summed E-state index contributed by atoms with van der Waals surface area (Å²) >= 11 is 3.32. The third-order valence-electron chi connectivity index (χ3n) is 4.37. The van der Waals surface area contributed by atoms with Crippen LogP contribution in [0.1, 0.15) is 24.7 Å². The first-order chi connectivity index (χ1) is 13.1. The van der Waals surface area contributed by atoms with E-state index >= 15 is 0 Å². The summed E-state index contributed by atoms with van der Waals surface area (Å²) in [5.41, 5.74) is 1.32. The Morgan fingerprint density at radius 1 is 1.29 bits per heavy atom. The molecule has 150 valence electrons. The summed E-state index contributed by atoms with van der Waals surface area (Å²) in [6.07, 6.45) is -2.03. The standard InChI is InChI=1S/C17H16BrF4N5O/c1-8-12(19)3-14(27-8)15(28)24-4-9-2-13(23-7-11(9)18)10-5-25-16(26-6-10)17(20,21)22/h2,5-8,12,14,27H,3-4H2,1H3,(H,24,28). The zero-order chi connectivity index (χ0) is 20.5. The normalized spacial score (nSPS) is 22.3. The Bertz CT molecular complexity index is 852. The molecule has 6 nitrogen and oxygen atoms in total. The van der Waals surface area contributed by atoms with Gasteiger partial charge in [-0.25, -0.2) is 14.4 Å². The lowest BCUT2D eigenvalue weighted by molar-refractivity contribution is -0.145. The number of carbonyl (C=O) groups excluding carboxylic acids is 1. The smallest absolute Gasteiger partial charge is 0.351 e. The van der Waals surface area contributed by atoms with Crippen molar-refractivity contribution in [3.05, 3.63) is 40.5 Å². The fourth-order valence-corrected chi connectivity index (χ4v) is 3.14. The number of rotatable bonds is 4. The van der Waals surface area contributed by atoms with Crippen LogP contribution in [0, 0.1) is 0 Å². The van der Waals surface area contributed by atoms with E-state index in [-0.39, 0.29) is 24.9 Å². The van der Waals surface area contributed by atoms with Crippen molar-refractivity contribution in [2.75, 3.05) is 0 Å². The zero-order valence-corrected chi connectivity index (χ0v) is 16.2. The molecule has 0 aromatic carbocycles. The van der Waals surface area contributed by atoms with Gasteiger partial charge >= 0.3 is 6.18 Å². The van der Waals surface area contributed by atoms with Gasteiger partial charge in [0.1, 0.15) is 6.17 Å². The van der Waals surface area contributed by atoms with Crippen LogP contribution in [0.15, 0.2) is 29.1 Å². The van der Waals surface area contributed by atoms with Gasteiger partial charge in [0, 0.05) is 47.6 Å². The highest BCUT2D eigenvalue weighted by Crippen LogP contribution is 2.27. The first-order valence-electron chi connectivity index (χ1n) is 8.37. The van der Waals surface area contributed by atoms with E-state index in [0.717, 1.165) is 12.4 Å². The van der Waals surface area contributed by atoms with Gasteiger partial charge in [-0.15, -0.1) is 0 Å². The molecule has 1 aliphatic heterocycles. The first-order valence-corrected chi connectivity index (χ1v) is 9.16. The van der Waals surface area contributed by atoms with E-state index in [4.69, 9.17) is 0 Å². The Labute approximate surface area is 166 Å². The molecule has 0 spiro atoms. The zero-order valence-electron chi connectivity index (χ0n) is 14.6. The van der Waals surface area contributed by atoms with Gasteiger partial charge < -0.3 is 10.6 Å². The Morgan fingerprint density at radius 2 is 1.96 bits per heavy atom. The summed E-state index contributed by atoms with van der Waals surface area (Å²) in [4.78, 5) is 23.0. The summed E-state index contributed by atoms with van der Waals surface area (Å²) in [6, 6.07) is 0.627. The molecule has 0 aliphatic carbocycles. The summed E-state index contributed by atoms with van der Waals surface area (Å²) < 4.78 is 51.9. The number of nitrogens with one attached hydrogen (secondary N) is 2. The Hall–Kier alpha value is -2.14. The van der Waals surface area contributed by atoms with Crippen LogP contribution in [-0.4, -0.2) is 39.1 Å². The lowest BCUT2D eigenvalue weighted by Crippen LogP contribution is -2.42. The third kappa shape index (κ3) is 4.64. The highest BCUT2D eigenvalue weighted by atomic mass is 79.9. The van der Waals surface area contributed by atoms with Gasteiger partial charge in [0.15, 0.2) is 0 Å². The summed E-state index contributed by atoms with van der Waals surface area (Å²) in [7, 11) is 0. The Morgan fingerprint density at radius 3 is 2.54 bits per heavy atom. The van der Waals surface area contributed by atoms with Gasteiger partial charge in [0.2, 0.25) is 11.7 Å². The molecule has 0 bridgehead atoms. The molecule has 2 aromatic heterocycles. The maximum absolute atomic E-state index is 13.6. The highest BCUT2D eigenvalue weighted by Gasteiger charge is 2.35. The van der Waals surface area contributed by atoms with E-state index in [2.05, 4.69) is 41.5 Å². The number of aromatic nitrogens is 3. The predicted octanol–water partition coefficient (Wildman–Crippen LogP) is 3.02. The van der Waals surface area contributed by atoms with E-state index < -0.39 is 24.2 Å². The van der Waals surface area contributed by atoms with Crippen LogP contribution in [0.2, 0.25) is 0 Å². The SMILES string of the molecule is CC1NC(C(=O)NCc2cc(-c3cnc(C(F)(F)F)nc3)ncc2Br)CC1F. The topological polar surface area (TPSA) is 79.8 Å². The van der Waals surface area contributed by atoms with Gasteiger partial charge in [-0.05, 0) is 34.5 Å². The minimum atomic E-state index is -4.62. The summed E-state index contributed by atoms with van der Waals surface area (Å²) in [5, 5.41) is 5.61. The molecule has 2 N–H and O–H groups in total. The van der Waals surface area contributed by atoms with Crippen molar-refractivity contribution >= 4 is 21.8 Å². The second kappa shape index (κ2) is 8.08. The predicted molar refractivity (Wildman–Crippen MR) is 95.7 cm³/mol. The van der Waals surface area contributed by atoms with Gasteiger partial charge in [0.25, 0.3) is 0 Å². The average molecular weight is 462 g/mol. The lowest BCUT2D eigenvalue weighted by Gasteiger charge is -2.13. The third-order valence-corrected chi connectivity index (χ3v) is 5.09. The van der Waals surface area contributed by atoms with Crippen LogP contribution in [0.4, 0.5) is 17.6 Å². The second-order valence-electron chi connectivity index (χ2n) is 6.43. The van der Waals surface area contributed by atoms with Gasteiger partial charge in [-0.1, -0.05) is 0 Å². The number of carbonyl (C=O) groups is 1. The molecule has 1 aliphatic rings. The number of pyridine rings is 1. The molecule has 0 radical (unpaired) electrons. The average Bonchev–Trinajstić information content (AvgIpc) is 2.99. The Kier molecular flexibility index (Phi) is 5.94. The van der Waals surface area contributed by atoms with Crippen LogP contribution in [-0.2, 0) is 17.5 Å². The molecule has 11 heteroatoms. The summed E-state index contributed by atoms with van der Waals surface area (Å²) in [5.74, 6) is -1.56. The molecule has 1 amide bonds. The van der Waals surface area contributed by atoms with Crippen molar-refractivity contribution < 1.29 is 22.4 Å². The van der Waals surface area contributed by atoms with Crippen molar-refractivity contribution in [3.8, 4) is 11.3 Å². The van der Waals surface area contributed by atoms with E-state index in [9.17, 15) is 22.4 Å². The molecule has 0 saturated carbocycles. The molecule has 1 saturated heterocycles. The molecule has 1 fully saturated rings. The maximum atomic E-state index is 13.6. The number of nitrogens with zero attached hydrogens (tertiary/aromatic N) is 3. The second-order valence-corrected chi connectivity index (χ2v) is 7.29. The molecule has 3 atom stereocenters. The minimum Gasteiger partial charge on any atom is -0.351 e. The van der Waals surface area contributed by atoms with Crippen molar-refractivity contribution in [1.29, 1.82) is 0 Å². The van der Waals surface area contributed by atoms with Crippen LogP contribution >= 0.6 is 15.9 Å². The van der Waals surface area contributed by atoms with Crippen molar-refractivity contribution in [2.24, 2.45) is 0 Å². The first kappa shape index (κ1) is 20.6. The summed E-state index contributed by atoms with van der Waals surface area (Å²) in [6.45, 7) is 1.82. The van der Waals surface area contributed by atoms with E-state index in [1.54, 1.807) is 13.0 Å². The van der Waals surface area contributed by atoms with Gasteiger partial charge in [-0.2, -0.15) is 13.2 Å². The van der Waals surface area contributed by atoms with Crippen molar-refractivity contribution in [2.45, 2.75) is 44.3 Å². The fourth-order valence-electron chi connectivity index (χ4n) is 2.79. The number of alkyl halides is 4. The van der Waals surface area contributed by atoms with E-state index in [1.807, 2.05) is 0 Å². The quantitative estimate of drug-likeness (QED) is 0.684. The van der Waals surface area contributed by atoms with Crippen LogP contribution in [0.5, 0.6) is 0 Å². The van der Waals surface area contributed by atoms with Gasteiger partial charge in [0.05, 0.1) is 11.7 Å². The van der Waals surface area contributed by atoms with Crippen molar-refractivity contribution in [3.63, 3.8) is 0 Å². The van der Waals surface area contributed by atoms with Crippen LogP contribution in [0.25, 0.3) is 11.3 Å². The molecule has 2 aromatic rings. The van der Waals surface area contributed by atoms with Crippen molar-refractivity contribution in [1.82, 2.24) is 25.6 Å². The fraction of sp³-hybridized carbons (Fsp3) is 0.412.